The van der Waals surface area contributed by atoms with Crippen LogP contribution in [0.25, 0.3) is 0 Å². The number of imide groups is 1. The molecule has 3 rings (SSSR count). The number of hydrogen-bond donors (Lipinski definition) is 1. The first-order chi connectivity index (χ1) is 10.7. The van der Waals surface area contributed by atoms with Crippen LogP contribution < -0.4 is 5.73 Å². The molecule has 6 nitrogen and oxygen atoms in total. The smallest absolute Gasteiger partial charge is 0.261 e. The third-order valence-corrected chi connectivity index (χ3v) is 4.75. The van der Waals surface area contributed by atoms with E-state index in [9.17, 15) is 9.59 Å². The van der Waals surface area contributed by atoms with Crippen molar-refractivity contribution in [3.05, 3.63) is 35.4 Å². The molecule has 2 aliphatic heterocycles. The van der Waals surface area contributed by atoms with Gasteiger partial charge in [-0.05, 0) is 12.1 Å². The average Bonchev–Trinajstić information content (AvgIpc) is 2.81. The number of nitrogens with two attached hydrogens (primary N) is 1. The monoisotopic (exact) mass is 446 g/mol. The quantitative estimate of drug-likeness (QED) is 0.328. The van der Waals surface area contributed by atoms with E-state index in [1.165, 1.54) is 4.90 Å². The molecule has 124 valence electrons. The van der Waals surface area contributed by atoms with Crippen molar-refractivity contribution in [3.8, 4) is 0 Å². The number of carbonyl (C=O) groups is 2. The van der Waals surface area contributed by atoms with E-state index in [2.05, 4.69) is 4.99 Å². The van der Waals surface area contributed by atoms with Crippen LogP contribution in [0.1, 0.15) is 20.7 Å². The topological polar surface area (TPSA) is 79.0 Å². The number of hydrogen-bond acceptors (Lipinski definition) is 4. The van der Waals surface area contributed by atoms with Gasteiger partial charge < -0.3 is 10.6 Å². The second kappa shape index (κ2) is 8.00. The lowest BCUT2D eigenvalue weighted by atomic mass is 10.1. The van der Waals surface area contributed by atoms with Gasteiger partial charge in [0.1, 0.15) is 0 Å². The summed E-state index contributed by atoms with van der Waals surface area (Å²) in [7, 11) is 0. The van der Waals surface area contributed by atoms with E-state index >= 15 is 0 Å². The van der Waals surface area contributed by atoms with Gasteiger partial charge in [0.15, 0.2) is 5.96 Å². The summed E-state index contributed by atoms with van der Waals surface area (Å²) in [6, 6.07) is 6.88. The van der Waals surface area contributed by atoms with Crippen LogP contribution in [0.15, 0.2) is 29.3 Å². The molecule has 1 saturated heterocycles. The van der Waals surface area contributed by atoms with Crippen LogP contribution in [0.2, 0.25) is 0 Å². The molecule has 2 amide bonds. The number of rotatable bonds is 3. The van der Waals surface area contributed by atoms with Crippen LogP contribution in [-0.2, 0) is 0 Å². The van der Waals surface area contributed by atoms with Crippen molar-refractivity contribution in [2.45, 2.75) is 0 Å². The van der Waals surface area contributed by atoms with Crippen molar-refractivity contribution in [2.75, 3.05) is 37.7 Å². The highest BCUT2D eigenvalue weighted by Gasteiger charge is 2.34. The fourth-order valence-corrected chi connectivity index (χ4v) is 3.50. The fourth-order valence-electron chi connectivity index (χ4n) is 2.60. The van der Waals surface area contributed by atoms with Gasteiger partial charge in [0.25, 0.3) is 11.8 Å². The van der Waals surface area contributed by atoms with Crippen molar-refractivity contribution in [1.82, 2.24) is 9.80 Å². The maximum Gasteiger partial charge on any atom is 0.261 e. The van der Waals surface area contributed by atoms with Crippen LogP contribution >= 0.6 is 35.7 Å². The Morgan fingerprint density at radius 2 is 1.70 bits per heavy atom. The summed E-state index contributed by atoms with van der Waals surface area (Å²) in [5, 5.41) is 0. The maximum absolute atomic E-state index is 12.2. The Labute approximate surface area is 156 Å². The summed E-state index contributed by atoms with van der Waals surface area (Å²) in [6.45, 7) is 2.39. The van der Waals surface area contributed by atoms with Crippen LogP contribution in [0, 0.1) is 0 Å². The highest BCUT2D eigenvalue weighted by atomic mass is 127. The van der Waals surface area contributed by atoms with E-state index in [0.29, 0.717) is 23.6 Å². The zero-order valence-electron chi connectivity index (χ0n) is 12.6. The molecule has 8 heteroatoms. The molecule has 0 atom stereocenters. The van der Waals surface area contributed by atoms with Gasteiger partial charge in [0.05, 0.1) is 17.7 Å². The summed E-state index contributed by atoms with van der Waals surface area (Å²) < 4.78 is 0. The Bertz CT molecular complexity index is 597. The molecule has 0 saturated carbocycles. The second-order valence-corrected chi connectivity index (χ2v) is 6.37. The van der Waals surface area contributed by atoms with Crippen LogP contribution in [-0.4, -0.2) is 65.3 Å². The number of benzene rings is 1. The maximum atomic E-state index is 12.2. The Morgan fingerprint density at radius 3 is 2.26 bits per heavy atom. The number of fused-ring (bicyclic) bond motifs is 1. The minimum Gasteiger partial charge on any atom is -0.370 e. The number of carbonyl (C=O) groups excluding carboxylic acids is 2. The summed E-state index contributed by atoms with van der Waals surface area (Å²) in [6.07, 6.45) is 0. The summed E-state index contributed by atoms with van der Waals surface area (Å²) in [5.74, 6) is 2.10. The molecule has 1 aromatic carbocycles. The molecule has 0 spiro atoms. The first-order valence-corrected chi connectivity index (χ1v) is 8.42. The number of nitrogens with zero attached hydrogens (tertiary/aromatic N) is 3. The average molecular weight is 446 g/mol. The Kier molecular flexibility index (Phi) is 6.28. The van der Waals surface area contributed by atoms with Gasteiger partial charge in [-0.15, -0.1) is 24.0 Å². The molecule has 1 aromatic rings. The number of amides is 2. The first-order valence-electron chi connectivity index (χ1n) is 7.26. The van der Waals surface area contributed by atoms with Gasteiger partial charge in [0.2, 0.25) is 0 Å². The summed E-state index contributed by atoms with van der Waals surface area (Å²) in [5.41, 5.74) is 6.90. The number of thioether (sulfide) groups is 1. The zero-order valence-corrected chi connectivity index (χ0v) is 15.8. The molecule has 2 heterocycles. The highest BCUT2D eigenvalue weighted by molar-refractivity contribution is 14.0. The summed E-state index contributed by atoms with van der Waals surface area (Å²) in [4.78, 5) is 32.0. The first kappa shape index (κ1) is 18.1. The van der Waals surface area contributed by atoms with E-state index in [1.807, 2.05) is 16.7 Å². The lowest BCUT2D eigenvalue weighted by Crippen LogP contribution is -2.43. The third kappa shape index (κ3) is 3.79. The molecular weight excluding hydrogens is 427 g/mol. The van der Waals surface area contributed by atoms with Gasteiger partial charge >= 0.3 is 0 Å². The summed E-state index contributed by atoms with van der Waals surface area (Å²) >= 11 is 1.90. The van der Waals surface area contributed by atoms with E-state index in [-0.39, 0.29) is 42.3 Å². The van der Waals surface area contributed by atoms with E-state index in [4.69, 9.17) is 5.73 Å². The lowest BCUT2D eigenvalue weighted by Gasteiger charge is -2.27. The Balaban J connectivity index is 0.00000192. The number of guanidine groups is 1. The SMILES string of the molecule is I.NC(=NCCN1C(=O)c2ccccc2C1=O)N1CCSCC1. The van der Waals surface area contributed by atoms with Crippen molar-refractivity contribution in [2.24, 2.45) is 10.7 Å². The van der Waals surface area contributed by atoms with Crippen molar-refractivity contribution in [3.63, 3.8) is 0 Å². The molecule has 2 aliphatic rings. The zero-order chi connectivity index (χ0) is 15.5. The van der Waals surface area contributed by atoms with E-state index in [0.717, 1.165) is 24.6 Å². The molecule has 23 heavy (non-hydrogen) atoms. The van der Waals surface area contributed by atoms with Crippen LogP contribution in [0.4, 0.5) is 0 Å². The van der Waals surface area contributed by atoms with E-state index in [1.54, 1.807) is 24.3 Å². The standard InChI is InChI=1S/C15H18N4O2S.HI/c16-15(18-7-9-22-10-8-18)17-5-6-19-13(20)11-3-1-2-4-12(11)14(19)21;/h1-4H,5-10H2,(H2,16,17);1H. The van der Waals surface area contributed by atoms with Crippen molar-refractivity contribution in [1.29, 1.82) is 0 Å². The van der Waals surface area contributed by atoms with Gasteiger partial charge in [-0.25, -0.2) is 0 Å². The minimum atomic E-state index is -0.247. The molecule has 0 unspecified atom stereocenters. The van der Waals surface area contributed by atoms with Gasteiger partial charge in [-0.1, -0.05) is 12.1 Å². The van der Waals surface area contributed by atoms with Crippen molar-refractivity contribution < 1.29 is 9.59 Å². The van der Waals surface area contributed by atoms with Gasteiger partial charge in [0, 0.05) is 31.1 Å². The van der Waals surface area contributed by atoms with Crippen LogP contribution in [0.5, 0.6) is 0 Å². The second-order valence-electron chi connectivity index (χ2n) is 5.15. The number of halogens is 1. The molecule has 1 fully saturated rings. The molecular formula is C15H19IN4O2S. The number of aliphatic imine (C=N–C) groups is 1. The fraction of sp³-hybridized carbons (Fsp3) is 0.400. The van der Waals surface area contributed by atoms with Gasteiger partial charge in [-0.3, -0.25) is 19.5 Å². The molecule has 0 aliphatic carbocycles. The molecule has 2 N–H and O–H groups in total. The molecule has 0 bridgehead atoms. The highest BCUT2D eigenvalue weighted by Crippen LogP contribution is 2.21. The minimum absolute atomic E-state index is 0. The predicted octanol–water partition coefficient (Wildman–Crippen LogP) is 1.26. The Morgan fingerprint density at radius 1 is 1.13 bits per heavy atom. The third-order valence-electron chi connectivity index (χ3n) is 3.81. The largest absolute Gasteiger partial charge is 0.370 e. The Hall–Kier alpha value is -1.29. The molecule has 0 aromatic heterocycles. The molecule has 0 radical (unpaired) electrons. The lowest BCUT2D eigenvalue weighted by molar-refractivity contribution is 0.0659. The van der Waals surface area contributed by atoms with Crippen molar-refractivity contribution >= 4 is 53.5 Å². The normalized spacial score (nSPS) is 18.0. The van der Waals surface area contributed by atoms with Crippen LogP contribution in [0.3, 0.4) is 0 Å². The van der Waals surface area contributed by atoms with E-state index < -0.39 is 0 Å². The predicted molar refractivity (Wildman–Crippen MR) is 103 cm³/mol. The van der Waals surface area contributed by atoms with Gasteiger partial charge in [-0.2, -0.15) is 11.8 Å².